The van der Waals surface area contributed by atoms with Crippen molar-refractivity contribution in [3.05, 3.63) is 12.2 Å². The average Bonchev–Trinajstić information content (AvgIpc) is 2.81. The van der Waals surface area contributed by atoms with Crippen LogP contribution in [0.4, 0.5) is 0 Å². The van der Waals surface area contributed by atoms with E-state index in [4.69, 9.17) is 14.0 Å². The summed E-state index contributed by atoms with van der Waals surface area (Å²) < 4.78 is 48.7. The molecule has 2 fully saturated rings. The molecule has 35 heavy (non-hydrogen) atoms. The molecule has 0 aromatic carbocycles. The monoisotopic (exact) mass is 530 g/mol. The zero-order chi connectivity index (χ0) is 25.6. The number of methoxy groups -OCH3 is 2. The van der Waals surface area contributed by atoms with Crippen LogP contribution in [0.3, 0.4) is 0 Å². The van der Waals surface area contributed by atoms with E-state index in [-0.39, 0.29) is 43.2 Å². The SMILES string of the molecule is COC(=O)CC(C(=O)OC)S(=O)(=O)O.O=C(/C=C\C(=O)OC1CCCCC1)OC1CCCCC1.[H-].[Na+]. The van der Waals surface area contributed by atoms with Crippen molar-refractivity contribution in [2.24, 2.45) is 0 Å². The molecule has 0 aromatic rings. The standard InChI is InChI=1S/C16H24O4.C6H10O7S.Na.H/c17-15(19-13-7-3-1-4-8-13)11-12-16(18)20-14-9-5-2-6-10-14;1-12-5(7)3-4(6(8)13-2)14(9,10)11;;/h11-14H,1-10H2;4H,3H2,1-2H3,(H,9,10,11);;/q;;+1;-1/b12-11-;;;. The van der Waals surface area contributed by atoms with Gasteiger partial charge in [-0.15, -0.1) is 0 Å². The van der Waals surface area contributed by atoms with Crippen LogP contribution in [0.15, 0.2) is 12.2 Å². The van der Waals surface area contributed by atoms with Crippen molar-refractivity contribution in [2.75, 3.05) is 14.2 Å². The van der Waals surface area contributed by atoms with E-state index < -0.39 is 45.7 Å². The van der Waals surface area contributed by atoms with Crippen molar-refractivity contribution < 1.29 is 82.1 Å². The fraction of sp³-hybridized carbons (Fsp3) is 0.727. The normalized spacial score (nSPS) is 17.7. The molecule has 2 aliphatic carbocycles. The minimum Gasteiger partial charge on any atom is -1.00 e. The zero-order valence-corrected chi connectivity index (χ0v) is 23.4. The molecule has 11 nitrogen and oxygen atoms in total. The average molecular weight is 531 g/mol. The molecule has 13 heteroatoms. The van der Waals surface area contributed by atoms with Gasteiger partial charge in [-0.3, -0.25) is 14.1 Å². The quantitative estimate of drug-likeness (QED) is 0.140. The summed E-state index contributed by atoms with van der Waals surface area (Å²) >= 11 is 0. The van der Waals surface area contributed by atoms with E-state index in [2.05, 4.69) is 9.47 Å². The van der Waals surface area contributed by atoms with E-state index in [9.17, 15) is 27.6 Å². The second kappa shape index (κ2) is 17.9. The van der Waals surface area contributed by atoms with Gasteiger partial charge in [0.1, 0.15) is 12.2 Å². The number of rotatable bonds is 8. The Morgan fingerprint density at radius 3 is 1.54 bits per heavy atom. The number of esters is 4. The first-order valence-electron chi connectivity index (χ1n) is 11.3. The smallest absolute Gasteiger partial charge is 1.00 e. The molecular formula is C22H35NaO11S. The van der Waals surface area contributed by atoms with E-state index >= 15 is 0 Å². The molecule has 0 heterocycles. The van der Waals surface area contributed by atoms with Crippen molar-refractivity contribution in [3.63, 3.8) is 0 Å². The van der Waals surface area contributed by atoms with Gasteiger partial charge in [-0.05, 0) is 51.4 Å². The largest absolute Gasteiger partial charge is 1.00 e. The topological polar surface area (TPSA) is 160 Å². The third kappa shape index (κ3) is 14.6. The van der Waals surface area contributed by atoms with Gasteiger partial charge in [0.25, 0.3) is 10.1 Å². The van der Waals surface area contributed by atoms with E-state index in [1.54, 1.807) is 0 Å². The maximum Gasteiger partial charge on any atom is 1.00 e. The van der Waals surface area contributed by atoms with E-state index in [0.717, 1.165) is 65.6 Å². The first kappa shape index (κ1) is 33.5. The first-order valence-corrected chi connectivity index (χ1v) is 12.8. The maximum absolute atomic E-state index is 11.6. The van der Waals surface area contributed by atoms with Crippen LogP contribution < -0.4 is 29.6 Å². The summed E-state index contributed by atoms with van der Waals surface area (Å²) in [6.07, 6.45) is 12.3. The van der Waals surface area contributed by atoms with Gasteiger partial charge >= 0.3 is 53.4 Å². The number of carbonyl (C=O) groups is 4. The number of hydrogen-bond acceptors (Lipinski definition) is 10. The van der Waals surface area contributed by atoms with Crippen LogP contribution in [0.2, 0.25) is 0 Å². The van der Waals surface area contributed by atoms with Gasteiger partial charge < -0.3 is 20.4 Å². The molecule has 2 aliphatic rings. The fourth-order valence-electron chi connectivity index (χ4n) is 3.59. The summed E-state index contributed by atoms with van der Waals surface area (Å²) in [6, 6.07) is 0. The Kier molecular flexibility index (Phi) is 17.1. The molecule has 196 valence electrons. The van der Waals surface area contributed by atoms with Crippen molar-refractivity contribution >= 4 is 34.0 Å². The fourth-order valence-corrected chi connectivity index (χ4v) is 4.27. The molecule has 0 spiro atoms. The van der Waals surface area contributed by atoms with Crippen molar-refractivity contribution in [3.8, 4) is 0 Å². The third-order valence-corrected chi connectivity index (χ3v) is 6.51. The maximum atomic E-state index is 11.6. The molecule has 0 aromatic heterocycles. The summed E-state index contributed by atoms with van der Waals surface area (Å²) in [5, 5.41) is -1.93. The third-order valence-electron chi connectivity index (χ3n) is 5.43. The van der Waals surface area contributed by atoms with Crippen LogP contribution in [-0.2, 0) is 48.2 Å². The van der Waals surface area contributed by atoms with Crippen LogP contribution in [0.25, 0.3) is 0 Å². The second-order valence-electron chi connectivity index (χ2n) is 8.03. The molecule has 0 amide bonds. The van der Waals surface area contributed by atoms with E-state index in [1.165, 1.54) is 25.0 Å². The Morgan fingerprint density at radius 2 is 1.23 bits per heavy atom. The second-order valence-corrected chi connectivity index (χ2v) is 9.63. The minimum absolute atomic E-state index is 0. The summed E-state index contributed by atoms with van der Waals surface area (Å²) in [7, 11) is -2.69. The first-order chi connectivity index (χ1) is 16.1. The van der Waals surface area contributed by atoms with Crippen LogP contribution in [0, 0.1) is 0 Å². The molecule has 2 saturated carbocycles. The Labute approximate surface area is 229 Å². The van der Waals surface area contributed by atoms with Crippen LogP contribution in [0.5, 0.6) is 0 Å². The number of carbonyl (C=O) groups excluding carboxylic acids is 4. The summed E-state index contributed by atoms with van der Waals surface area (Å²) in [6.45, 7) is 0. The van der Waals surface area contributed by atoms with Crippen LogP contribution >= 0.6 is 0 Å². The Morgan fingerprint density at radius 1 is 0.829 bits per heavy atom. The van der Waals surface area contributed by atoms with Gasteiger partial charge in [0, 0.05) is 12.2 Å². The predicted octanol–water partition coefficient (Wildman–Crippen LogP) is -0.610. The van der Waals surface area contributed by atoms with Crippen LogP contribution in [0.1, 0.15) is 72.1 Å². The van der Waals surface area contributed by atoms with Gasteiger partial charge in [0.05, 0.1) is 20.6 Å². The van der Waals surface area contributed by atoms with Gasteiger partial charge in [-0.25, -0.2) is 9.59 Å². The predicted molar refractivity (Wildman–Crippen MR) is 120 cm³/mol. The van der Waals surface area contributed by atoms with Crippen LogP contribution in [-0.4, -0.2) is 68.5 Å². The molecule has 1 unspecified atom stereocenters. The molecule has 0 aliphatic heterocycles. The van der Waals surface area contributed by atoms with Gasteiger partial charge in [-0.2, -0.15) is 8.42 Å². The Bertz CT molecular complexity index is 786. The summed E-state index contributed by atoms with van der Waals surface area (Å²) in [5.74, 6) is -3.01. The van der Waals surface area contributed by atoms with E-state index in [1.807, 2.05) is 0 Å². The van der Waals surface area contributed by atoms with Crippen molar-refractivity contribution in [1.82, 2.24) is 0 Å². The zero-order valence-electron chi connectivity index (χ0n) is 21.6. The molecule has 0 radical (unpaired) electrons. The molecule has 1 atom stereocenters. The van der Waals surface area contributed by atoms with Gasteiger partial charge in [-0.1, -0.05) is 12.8 Å². The molecule has 0 bridgehead atoms. The minimum atomic E-state index is -4.66. The Balaban J connectivity index is 0. The summed E-state index contributed by atoms with van der Waals surface area (Å²) in [5.41, 5.74) is 0. The molecule has 0 saturated heterocycles. The molecule has 1 N–H and O–H groups in total. The van der Waals surface area contributed by atoms with Crippen molar-refractivity contribution in [2.45, 2.75) is 88.1 Å². The van der Waals surface area contributed by atoms with Gasteiger partial charge in [0.15, 0.2) is 5.25 Å². The number of hydrogen-bond donors (Lipinski definition) is 1. The van der Waals surface area contributed by atoms with E-state index in [0.29, 0.717) is 0 Å². The van der Waals surface area contributed by atoms with Gasteiger partial charge in [0.2, 0.25) is 0 Å². The Hall–Kier alpha value is -1.47. The molecular weight excluding hydrogens is 495 g/mol. The summed E-state index contributed by atoms with van der Waals surface area (Å²) in [4.78, 5) is 44.7. The number of ether oxygens (including phenoxy) is 4. The molecule has 2 rings (SSSR count). The van der Waals surface area contributed by atoms with Crippen molar-refractivity contribution in [1.29, 1.82) is 0 Å².